The molecule has 1 atom stereocenters. The number of aryl methyl sites for hydroxylation is 1. The number of rotatable bonds is 7. The summed E-state index contributed by atoms with van der Waals surface area (Å²) in [4.78, 5) is 0. The van der Waals surface area contributed by atoms with Gasteiger partial charge in [-0.2, -0.15) is 4.31 Å². The molecule has 1 heterocycles. The van der Waals surface area contributed by atoms with Gasteiger partial charge in [0.05, 0.1) is 18.4 Å². The van der Waals surface area contributed by atoms with E-state index >= 15 is 0 Å². The van der Waals surface area contributed by atoms with Crippen LogP contribution in [-0.4, -0.2) is 51.3 Å². The second kappa shape index (κ2) is 9.59. The Bertz CT molecular complexity index is 563. The number of benzene rings is 1. The summed E-state index contributed by atoms with van der Waals surface area (Å²) in [6.07, 6.45) is 0.986. The van der Waals surface area contributed by atoms with Gasteiger partial charge in [-0.05, 0) is 24.5 Å². The van der Waals surface area contributed by atoms with Gasteiger partial charge in [0, 0.05) is 26.2 Å². The van der Waals surface area contributed by atoms with Crippen molar-refractivity contribution in [3.05, 3.63) is 35.4 Å². The Balaban J connectivity index is 0.00000264. The van der Waals surface area contributed by atoms with E-state index in [1.165, 1.54) is 5.56 Å². The highest BCUT2D eigenvalue weighted by molar-refractivity contribution is 7.89. The largest absolute Gasteiger partial charge is 0.381 e. The average molecular weight is 363 g/mol. The molecule has 1 aliphatic heterocycles. The van der Waals surface area contributed by atoms with E-state index in [2.05, 4.69) is 24.4 Å². The predicted octanol–water partition coefficient (Wildman–Crippen LogP) is 1.98. The Morgan fingerprint density at radius 1 is 1.26 bits per heavy atom. The minimum atomic E-state index is -3.30. The van der Waals surface area contributed by atoms with Crippen molar-refractivity contribution in [3.8, 4) is 0 Å². The molecule has 1 unspecified atom stereocenters. The summed E-state index contributed by atoms with van der Waals surface area (Å²) in [7, 11) is -3.30. The van der Waals surface area contributed by atoms with Crippen LogP contribution in [0.3, 0.4) is 0 Å². The van der Waals surface area contributed by atoms with Crippen LogP contribution in [-0.2, 0) is 21.2 Å². The molecular weight excluding hydrogens is 336 g/mol. The normalized spacial score (nSPS) is 19.3. The minimum Gasteiger partial charge on any atom is -0.381 e. The van der Waals surface area contributed by atoms with Crippen molar-refractivity contribution in [2.45, 2.75) is 26.3 Å². The summed E-state index contributed by atoms with van der Waals surface area (Å²) in [5, 5.41) is 3.29. The SMILES string of the molecule is CCOCCS(=O)(=O)N1CCNCC1c1ccc(CC)cc1.Cl. The third-order valence-electron chi connectivity index (χ3n) is 4.01. The molecule has 1 aliphatic rings. The zero-order chi connectivity index (χ0) is 16.0. The van der Waals surface area contributed by atoms with Gasteiger partial charge in [0.25, 0.3) is 0 Å². The molecule has 1 aromatic carbocycles. The summed E-state index contributed by atoms with van der Waals surface area (Å²) in [5.74, 6) is 0.0460. The standard InChI is InChI=1S/C16H26N2O3S.ClH/c1-3-14-5-7-15(8-6-14)16-13-17-9-10-18(16)22(19,20)12-11-21-4-2;/h5-8,16-17H,3-4,9-13H2,1-2H3;1H. The van der Waals surface area contributed by atoms with Gasteiger partial charge >= 0.3 is 0 Å². The van der Waals surface area contributed by atoms with E-state index in [-0.39, 0.29) is 30.8 Å². The summed E-state index contributed by atoms with van der Waals surface area (Å²) in [6.45, 7) is 6.63. The van der Waals surface area contributed by atoms with E-state index in [0.29, 0.717) is 26.2 Å². The minimum absolute atomic E-state index is 0. The first-order valence-electron chi connectivity index (χ1n) is 7.95. The molecule has 1 fully saturated rings. The molecule has 0 amide bonds. The molecule has 132 valence electrons. The molecule has 23 heavy (non-hydrogen) atoms. The van der Waals surface area contributed by atoms with Gasteiger partial charge in [-0.1, -0.05) is 31.2 Å². The average Bonchev–Trinajstić information content (AvgIpc) is 2.55. The lowest BCUT2D eigenvalue weighted by molar-refractivity contribution is 0.161. The number of ether oxygens (including phenoxy) is 1. The number of piperazine rings is 1. The summed E-state index contributed by atoms with van der Waals surface area (Å²) >= 11 is 0. The monoisotopic (exact) mass is 362 g/mol. The number of nitrogens with zero attached hydrogens (tertiary/aromatic N) is 1. The van der Waals surface area contributed by atoms with Crippen LogP contribution in [0, 0.1) is 0 Å². The molecule has 0 spiro atoms. The van der Waals surface area contributed by atoms with Crippen LogP contribution >= 0.6 is 12.4 Å². The molecule has 1 saturated heterocycles. The molecule has 7 heteroatoms. The van der Waals surface area contributed by atoms with Gasteiger partial charge in [0.15, 0.2) is 0 Å². The number of hydrogen-bond donors (Lipinski definition) is 1. The molecule has 1 N–H and O–H groups in total. The fourth-order valence-corrected chi connectivity index (χ4v) is 4.22. The second-order valence-corrected chi connectivity index (χ2v) is 7.48. The molecule has 0 aliphatic carbocycles. The maximum absolute atomic E-state index is 12.6. The maximum atomic E-state index is 12.6. The van der Waals surface area contributed by atoms with Gasteiger partial charge in [0.1, 0.15) is 0 Å². The molecular formula is C16H27ClN2O3S. The van der Waals surface area contributed by atoms with Crippen LogP contribution in [0.2, 0.25) is 0 Å². The highest BCUT2D eigenvalue weighted by Crippen LogP contribution is 2.25. The summed E-state index contributed by atoms with van der Waals surface area (Å²) in [5.41, 5.74) is 2.31. The Kier molecular flexibility index (Phi) is 8.50. The highest BCUT2D eigenvalue weighted by Gasteiger charge is 2.32. The second-order valence-electron chi connectivity index (χ2n) is 5.44. The van der Waals surface area contributed by atoms with Crippen LogP contribution in [0.15, 0.2) is 24.3 Å². The van der Waals surface area contributed by atoms with Crippen LogP contribution in [0.5, 0.6) is 0 Å². The molecule has 1 aromatic rings. The Hall–Kier alpha value is -0.660. The van der Waals surface area contributed by atoms with E-state index in [9.17, 15) is 8.42 Å². The number of hydrogen-bond acceptors (Lipinski definition) is 4. The summed E-state index contributed by atoms with van der Waals surface area (Å²) < 4.78 is 32.0. The van der Waals surface area contributed by atoms with Crippen molar-refractivity contribution in [2.75, 3.05) is 38.6 Å². The van der Waals surface area contributed by atoms with E-state index in [1.54, 1.807) is 4.31 Å². The first-order chi connectivity index (χ1) is 10.6. The Morgan fingerprint density at radius 2 is 1.96 bits per heavy atom. The molecule has 0 bridgehead atoms. The first kappa shape index (κ1) is 20.4. The molecule has 0 aromatic heterocycles. The Labute approximate surface area is 145 Å². The van der Waals surface area contributed by atoms with Crippen LogP contribution in [0.1, 0.15) is 31.0 Å². The van der Waals surface area contributed by atoms with Crippen molar-refractivity contribution in [1.29, 1.82) is 0 Å². The van der Waals surface area contributed by atoms with Gasteiger partial charge in [-0.15, -0.1) is 12.4 Å². The molecule has 0 saturated carbocycles. The fourth-order valence-electron chi connectivity index (χ4n) is 2.70. The van der Waals surface area contributed by atoms with E-state index in [1.807, 2.05) is 19.1 Å². The van der Waals surface area contributed by atoms with Gasteiger partial charge in [-0.25, -0.2) is 8.42 Å². The van der Waals surface area contributed by atoms with E-state index in [4.69, 9.17) is 4.74 Å². The van der Waals surface area contributed by atoms with Crippen molar-refractivity contribution in [1.82, 2.24) is 9.62 Å². The third kappa shape index (κ3) is 5.43. The lowest BCUT2D eigenvalue weighted by Gasteiger charge is -2.35. The zero-order valence-electron chi connectivity index (χ0n) is 13.8. The molecule has 2 rings (SSSR count). The number of nitrogens with one attached hydrogen (secondary N) is 1. The highest BCUT2D eigenvalue weighted by atomic mass is 35.5. The number of halogens is 1. The smallest absolute Gasteiger partial charge is 0.217 e. The van der Waals surface area contributed by atoms with E-state index < -0.39 is 10.0 Å². The fraction of sp³-hybridized carbons (Fsp3) is 0.625. The molecule has 0 radical (unpaired) electrons. The third-order valence-corrected chi connectivity index (χ3v) is 5.85. The predicted molar refractivity (Wildman–Crippen MR) is 95.7 cm³/mol. The lowest BCUT2D eigenvalue weighted by atomic mass is 10.0. The van der Waals surface area contributed by atoms with Crippen molar-refractivity contribution in [2.24, 2.45) is 0 Å². The van der Waals surface area contributed by atoms with Crippen LogP contribution in [0.4, 0.5) is 0 Å². The topological polar surface area (TPSA) is 58.6 Å². The van der Waals surface area contributed by atoms with Crippen molar-refractivity contribution in [3.63, 3.8) is 0 Å². The van der Waals surface area contributed by atoms with Crippen LogP contribution in [0.25, 0.3) is 0 Å². The Morgan fingerprint density at radius 3 is 2.57 bits per heavy atom. The quantitative estimate of drug-likeness (QED) is 0.753. The molecule has 5 nitrogen and oxygen atoms in total. The van der Waals surface area contributed by atoms with Crippen LogP contribution < -0.4 is 5.32 Å². The van der Waals surface area contributed by atoms with Crippen molar-refractivity contribution < 1.29 is 13.2 Å². The van der Waals surface area contributed by atoms with Crippen molar-refractivity contribution >= 4 is 22.4 Å². The lowest BCUT2D eigenvalue weighted by Crippen LogP contribution is -2.49. The van der Waals surface area contributed by atoms with Gasteiger partial charge < -0.3 is 10.1 Å². The van der Waals surface area contributed by atoms with Gasteiger partial charge in [0.2, 0.25) is 10.0 Å². The van der Waals surface area contributed by atoms with Gasteiger partial charge in [-0.3, -0.25) is 0 Å². The zero-order valence-corrected chi connectivity index (χ0v) is 15.5. The summed E-state index contributed by atoms with van der Waals surface area (Å²) in [6, 6.07) is 8.11. The van der Waals surface area contributed by atoms with E-state index in [0.717, 1.165) is 12.0 Å². The number of sulfonamides is 1. The first-order valence-corrected chi connectivity index (χ1v) is 9.56. The maximum Gasteiger partial charge on any atom is 0.217 e.